The van der Waals surface area contributed by atoms with Gasteiger partial charge in [0.2, 0.25) is 0 Å². The van der Waals surface area contributed by atoms with Crippen LogP contribution in [0.2, 0.25) is 0 Å². The third kappa shape index (κ3) is 4.16. The van der Waals surface area contributed by atoms with E-state index >= 15 is 0 Å². The molecule has 1 rings (SSSR count). The van der Waals surface area contributed by atoms with Crippen molar-refractivity contribution >= 4 is 17.6 Å². The van der Waals surface area contributed by atoms with Crippen LogP contribution < -0.4 is 5.32 Å². The Labute approximate surface area is 105 Å². The minimum absolute atomic E-state index is 0.00950. The fourth-order valence-corrected chi connectivity index (χ4v) is 1.30. The Kier molecular flexibility index (Phi) is 4.06. The number of ether oxygens (including phenoxy) is 1. The van der Waals surface area contributed by atoms with Gasteiger partial charge in [0.05, 0.1) is 5.56 Å². The molecule has 0 saturated heterocycles. The molecule has 0 bridgehead atoms. The smallest absolute Gasteiger partial charge is 0.412 e. The maximum atomic E-state index is 13.5. The molecule has 0 fully saturated rings. The van der Waals surface area contributed by atoms with Crippen LogP contribution in [-0.2, 0) is 4.74 Å². The Morgan fingerprint density at radius 3 is 2.33 bits per heavy atom. The first-order valence-electron chi connectivity index (χ1n) is 5.49. The van der Waals surface area contributed by atoms with Crippen molar-refractivity contribution in [1.29, 1.82) is 0 Å². The molecule has 98 valence electrons. The Bertz CT molecular complexity index is 478. The number of benzene rings is 1. The van der Waals surface area contributed by atoms with Crippen LogP contribution >= 0.6 is 0 Å². The van der Waals surface area contributed by atoms with E-state index in [1.807, 2.05) is 0 Å². The lowest BCUT2D eigenvalue weighted by molar-refractivity contribution is 0.0636. The predicted octanol–water partition coefficient (Wildman–Crippen LogP) is 3.38. The number of anilines is 1. The van der Waals surface area contributed by atoms with Crippen molar-refractivity contribution in [1.82, 2.24) is 0 Å². The molecule has 4 nitrogen and oxygen atoms in total. The van der Waals surface area contributed by atoms with Gasteiger partial charge in [-0.1, -0.05) is 0 Å². The summed E-state index contributed by atoms with van der Waals surface area (Å²) in [5, 5.41) is 2.39. The maximum Gasteiger partial charge on any atom is 0.412 e. The summed E-state index contributed by atoms with van der Waals surface area (Å²) in [4.78, 5) is 22.5. The zero-order valence-corrected chi connectivity index (χ0v) is 10.8. The van der Waals surface area contributed by atoms with E-state index in [0.717, 1.165) is 6.07 Å². The second kappa shape index (κ2) is 5.16. The lowest BCUT2D eigenvalue weighted by atomic mass is 10.1. The first kappa shape index (κ1) is 14.2. The van der Waals surface area contributed by atoms with Gasteiger partial charge in [-0.25, -0.2) is 9.18 Å². The van der Waals surface area contributed by atoms with Crippen LogP contribution in [0, 0.1) is 5.82 Å². The highest BCUT2D eigenvalue weighted by molar-refractivity contribution is 5.95. The van der Waals surface area contributed by atoms with Crippen LogP contribution in [0.1, 0.15) is 38.1 Å². The molecule has 1 amide bonds. The van der Waals surface area contributed by atoms with Crippen molar-refractivity contribution in [3.63, 3.8) is 0 Å². The molecule has 0 aliphatic carbocycles. The number of halogens is 1. The summed E-state index contributed by atoms with van der Waals surface area (Å²) in [5.41, 5.74) is -0.390. The number of ketones is 1. The summed E-state index contributed by atoms with van der Waals surface area (Å²) in [5.74, 6) is -1.03. The molecule has 0 saturated carbocycles. The van der Waals surface area contributed by atoms with Gasteiger partial charge in [-0.2, -0.15) is 0 Å². The normalized spacial score (nSPS) is 10.9. The van der Waals surface area contributed by atoms with Crippen molar-refractivity contribution in [2.24, 2.45) is 0 Å². The number of nitrogens with one attached hydrogen (secondary N) is 1. The molecule has 0 heterocycles. The molecule has 0 aliphatic heterocycles. The van der Waals surface area contributed by atoms with Crippen molar-refractivity contribution in [2.45, 2.75) is 33.3 Å². The molecule has 0 unspecified atom stereocenters. The molecule has 0 spiro atoms. The first-order valence-corrected chi connectivity index (χ1v) is 5.49. The second-order valence-electron chi connectivity index (χ2n) is 4.88. The number of carbonyl (C=O) groups is 2. The zero-order chi connectivity index (χ0) is 13.9. The highest BCUT2D eigenvalue weighted by Gasteiger charge is 2.16. The molecule has 18 heavy (non-hydrogen) atoms. The third-order valence-corrected chi connectivity index (χ3v) is 1.99. The lowest BCUT2D eigenvalue weighted by Gasteiger charge is -2.19. The third-order valence-electron chi connectivity index (χ3n) is 1.99. The molecule has 0 atom stereocenters. The van der Waals surface area contributed by atoms with Crippen molar-refractivity contribution < 1.29 is 18.7 Å². The van der Waals surface area contributed by atoms with E-state index < -0.39 is 17.5 Å². The van der Waals surface area contributed by atoms with Crippen LogP contribution in [0.5, 0.6) is 0 Å². The number of carbonyl (C=O) groups excluding carboxylic acids is 2. The summed E-state index contributed by atoms with van der Waals surface area (Å²) in [6, 6.07) is 3.86. The van der Waals surface area contributed by atoms with Gasteiger partial charge in [0.15, 0.2) is 5.78 Å². The molecule has 0 aliphatic rings. The summed E-state index contributed by atoms with van der Waals surface area (Å²) < 4.78 is 18.5. The molecule has 5 heteroatoms. The fourth-order valence-electron chi connectivity index (χ4n) is 1.30. The van der Waals surface area contributed by atoms with Crippen LogP contribution in [0.15, 0.2) is 18.2 Å². The van der Waals surface area contributed by atoms with Gasteiger partial charge in [0, 0.05) is 5.69 Å². The van der Waals surface area contributed by atoms with E-state index in [9.17, 15) is 14.0 Å². The minimum Gasteiger partial charge on any atom is -0.444 e. The Morgan fingerprint density at radius 1 is 1.28 bits per heavy atom. The average molecular weight is 253 g/mol. The number of hydrogen-bond acceptors (Lipinski definition) is 3. The molecular weight excluding hydrogens is 237 g/mol. The molecule has 0 radical (unpaired) electrons. The van der Waals surface area contributed by atoms with Gasteiger partial charge in [0.25, 0.3) is 0 Å². The predicted molar refractivity (Wildman–Crippen MR) is 66.3 cm³/mol. The fraction of sp³-hybridized carbons (Fsp3) is 0.385. The van der Waals surface area contributed by atoms with E-state index in [4.69, 9.17) is 4.74 Å². The van der Waals surface area contributed by atoms with Crippen LogP contribution in [0.25, 0.3) is 0 Å². The summed E-state index contributed by atoms with van der Waals surface area (Å²) in [6.07, 6.45) is -0.669. The maximum absolute atomic E-state index is 13.5. The van der Waals surface area contributed by atoms with Gasteiger partial charge in [-0.3, -0.25) is 10.1 Å². The number of hydrogen-bond donors (Lipinski definition) is 1. The van der Waals surface area contributed by atoms with Gasteiger partial charge >= 0.3 is 6.09 Å². The SMILES string of the molecule is CC(=O)c1ccc(NC(=O)OC(C)(C)C)cc1F. The second-order valence-corrected chi connectivity index (χ2v) is 4.88. The van der Waals surface area contributed by atoms with Gasteiger partial charge in [-0.15, -0.1) is 0 Å². The van der Waals surface area contributed by atoms with Gasteiger partial charge in [-0.05, 0) is 45.9 Å². The van der Waals surface area contributed by atoms with E-state index in [1.54, 1.807) is 20.8 Å². The van der Waals surface area contributed by atoms with Gasteiger partial charge < -0.3 is 4.74 Å². The summed E-state index contributed by atoms with van der Waals surface area (Å²) in [7, 11) is 0. The number of amides is 1. The molecule has 1 aromatic carbocycles. The monoisotopic (exact) mass is 253 g/mol. The molecule has 1 aromatic rings. The molecular formula is C13H16FNO3. The van der Waals surface area contributed by atoms with E-state index in [1.165, 1.54) is 19.1 Å². The van der Waals surface area contributed by atoms with Gasteiger partial charge in [0.1, 0.15) is 11.4 Å². The quantitative estimate of drug-likeness (QED) is 0.822. The molecule has 1 N–H and O–H groups in total. The Hall–Kier alpha value is -1.91. The lowest BCUT2D eigenvalue weighted by Crippen LogP contribution is -2.27. The largest absolute Gasteiger partial charge is 0.444 e. The molecule has 0 aromatic heterocycles. The average Bonchev–Trinajstić information content (AvgIpc) is 2.13. The topological polar surface area (TPSA) is 55.4 Å². The highest BCUT2D eigenvalue weighted by Crippen LogP contribution is 2.16. The number of rotatable bonds is 2. The standard InChI is InChI=1S/C13H16FNO3/c1-8(16)10-6-5-9(7-11(10)14)15-12(17)18-13(2,3)4/h5-7H,1-4H3,(H,15,17). The van der Waals surface area contributed by atoms with Crippen molar-refractivity contribution in [2.75, 3.05) is 5.32 Å². The van der Waals surface area contributed by atoms with Crippen molar-refractivity contribution in [3.8, 4) is 0 Å². The first-order chi connectivity index (χ1) is 8.19. The van der Waals surface area contributed by atoms with E-state index in [0.29, 0.717) is 0 Å². The van der Waals surface area contributed by atoms with Crippen LogP contribution in [-0.4, -0.2) is 17.5 Å². The zero-order valence-electron chi connectivity index (χ0n) is 10.8. The minimum atomic E-state index is -0.670. The summed E-state index contributed by atoms with van der Waals surface area (Å²) in [6.45, 7) is 6.46. The van der Waals surface area contributed by atoms with Crippen molar-refractivity contribution in [3.05, 3.63) is 29.6 Å². The van der Waals surface area contributed by atoms with E-state index in [-0.39, 0.29) is 17.0 Å². The Balaban J connectivity index is 2.78. The Morgan fingerprint density at radius 2 is 1.89 bits per heavy atom. The van der Waals surface area contributed by atoms with Crippen LogP contribution in [0.3, 0.4) is 0 Å². The van der Waals surface area contributed by atoms with E-state index in [2.05, 4.69) is 5.32 Å². The van der Waals surface area contributed by atoms with Crippen LogP contribution in [0.4, 0.5) is 14.9 Å². The summed E-state index contributed by atoms with van der Waals surface area (Å²) >= 11 is 0. The number of Topliss-reactive ketones (excluding diaryl/α,β-unsaturated/α-hetero) is 1. The highest BCUT2D eigenvalue weighted by atomic mass is 19.1.